The number of aliphatic carboxylic acids is 1. The van der Waals surface area contributed by atoms with Gasteiger partial charge in [-0.05, 0) is 25.8 Å². The second-order valence-corrected chi connectivity index (χ2v) is 4.92. The lowest BCUT2D eigenvalue weighted by Crippen LogP contribution is -2.43. The van der Waals surface area contributed by atoms with Gasteiger partial charge in [-0.15, -0.1) is 0 Å². The van der Waals surface area contributed by atoms with Gasteiger partial charge in [0, 0.05) is 19.6 Å². The minimum absolute atomic E-state index is 0.00968. The molecule has 1 fully saturated rings. The molecule has 5 heteroatoms. The summed E-state index contributed by atoms with van der Waals surface area (Å²) >= 11 is 0. The summed E-state index contributed by atoms with van der Waals surface area (Å²) < 4.78 is 0. The van der Waals surface area contributed by atoms with Gasteiger partial charge in [0.25, 0.3) is 0 Å². The van der Waals surface area contributed by atoms with Crippen molar-refractivity contribution in [1.82, 2.24) is 10.2 Å². The number of allylic oxidation sites excluding steroid dienone is 2. The molecule has 2 aliphatic rings. The predicted octanol–water partition coefficient (Wildman–Crippen LogP) is 0.475. The Labute approximate surface area is 107 Å². The molecule has 18 heavy (non-hydrogen) atoms. The van der Waals surface area contributed by atoms with E-state index in [0.29, 0.717) is 19.4 Å². The van der Waals surface area contributed by atoms with E-state index in [-0.39, 0.29) is 11.8 Å². The normalized spacial score (nSPS) is 28.8. The summed E-state index contributed by atoms with van der Waals surface area (Å²) in [6.07, 6.45) is 5.76. The lowest BCUT2D eigenvalue weighted by atomic mass is 9.82. The van der Waals surface area contributed by atoms with E-state index in [0.717, 1.165) is 26.1 Å². The zero-order valence-corrected chi connectivity index (χ0v) is 10.5. The molecule has 2 rings (SSSR count). The number of amides is 1. The van der Waals surface area contributed by atoms with Crippen molar-refractivity contribution in [2.24, 2.45) is 11.8 Å². The van der Waals surface area contributed by atoms with Crippen LogP contribution in [0.15, 0.2) is 12.2 Å². The minimum Gasteiger partial charge on any atom is -0.481 e. The van der Waals surface area contributed by atoms with Crippen LogP contribution >= 0.6 is 0 Å². The van der Waals surface area contributed by atoms with Crippen LogP contribution in [0.3, 0.4) is 0 Å². The van der Waals surface area contributed by atoms with Crippen LogP contribution in [0, 0.1) is 11.8 Å². The molecule has 0 spiro atoms. The summed E-state index contributed by atoms with van der Waals surface area (Å²) in [5.41, 5.74) is 0. The van der Waals surface area contributed by atoms with E-state index in [9.17, 15) is 14.7 Å². The molecule has 0 saturated carbocycles. The van der Waals surface area contributed by atoms with E-state index in [1.165, 1.54) is 0 Å². The van der Waals surface area contributed by atoms with Crippen molar-refractivity contribution in [2.75, 3.05) is 26.2 Å². The van der Waals surface area contributed by atoms with E-state index < -0.39 is 11.9 Å². The highest BCUT2D eigenvalue weighted by molar-refractivity contribution is 5.85. The molecule has 0 aromatic carbocycles. The average Bonchev–Trinajstić information content (AvgIpc) is 2.66. The topological polar surface area (TPSA) is 69.6 Å². The Hall–Kier alpha value is -1.36. The second-order valence-electron chi connectivity index (χ2n) is 4.92. The van der Waals surface area contributed by atoms with E-state index in [1.54, 1.807) is 0 Å². The number of hydrogen-bond acceptors (Lipinski definition) is 3. The van der Waals surface area contributed by atoms with Gasteiger partial charge in [-0.1, -0.05) is 12.2 Å². The maximum absolute atomic E-state index is 12.4. The smallest absolute Gasteiger partial charge is 0.307 e. The highest BCUT2D eigenvalue weighted by Crippen LogP contribution is 2.27. The van der Waals surface area contributed by atoms with Gasteiger partial charge >= 0.3 is 5.97 Å². The molecule has 100 valence electrons. The van der Waals surface area contributed by atoms with Gasteiger partial charge in [-0.25, -0.2) is 0 Å². The van der Waals surface area contributed by atoms with Gasteiger partial charge in [-0.2, -0.15) is 0 Å². The molecule has 1 aliphatic heterocycles. The lowest BCUT2D eigenvalue weighted by molar-refractivity contribution is -0.150. The number of nitrogens with zero attached hydrogens (tertiary/aromatic N) is 1. The van der Waals surface area contributed by atoms with Crippen molar-refractivity contribution in [3.8, 4) is 0 Å². The standard InChI is InChI=1S/C13H20N2O3/c16-12(15-8-3-6-14-7-9-15)10-4-1-2-5-11(10)13(17)18/h1-2,10-11,14H,3-9H2,(H,17,18)/t10-,11+/m1/s1. The van der Waals surface area contributed by atoms with Crippen LogP contribution < -0.4 is 5.32 Å². The SMILES string of the molecule is O=C(O)[C@H]1CC=CC[C@H]1C(=O)N1CCCNCC1. The summed E-state index contributed by atoms with van der Waals surface area (Å²) in [6.45, 7) is 3.15. The first-order chi connectivity index (χ1) is 8.70. The molecular formula is C13H20N2O3. The maximum atomic E-state index is 12.4. The van der Waals surface area contributed by atoms with Crippen LogP contribution in [0.5, 0.6) is 0 Å². The molecule has 2 atom stereocenters. The molecular weight excluding hydrogens is 232 g/mol. The Morgan fingerprint density at radius 3 is 2.56 bits per heavy atom. The molecule has 0 aromatic heterocycles. The first-order valence-electron chi connectivity index (χ1n) is 6.57. The number of rotatable bonds is 2. The summed E-state index contributed by atoms with van der Waals surface area (Å²) in [6, 6.07) is 0. The first kappa shape index (κ1) is 13.1. The molecule has 1 amide bonds. The third kappa shape index (κ3) is 2.90. The highest BCUT2D eigenvalue weighted by Gasteiger charge is 2.36. The fourth-order valence-corrected chi connectivity index (χ4v) is 2.66. The van der Waals surface area contributed by atoms with Crippen LogP contribution in [0.25, 0.3) is 0 Å². The Bertz CT molecular complexity index is 346. The molecule has 0 aromatic rings. The number of hydrogen-bond donors (Lipinski definition) is 2. The Morgan fingerprint density at radius 2 is 1.83 bits per heavy atom. The average molecular weight is 252 g/mol. The van der Waals surface area contributed by atoms with Gasteiger partial charge in [0.1, 0.15) is 0 Å². The number of carboxylic acid groups (broad SMARTS) is 1. The third-order valence-electron chi connectivity index (χ3n) is 3.72. The maximum Gasteiger partial charge on any atom is 0.307 e. The van der Waals surface area contributed by atoms with E-state index in [2.05, 4.69) is 5.32 Å². The molecule has 0 bridgehead atoms. The fourth-order valence-electron chi connectivity index (χ4n) is 2.66. The number of carboxylic acids is 1. The van der Waals surface area contributed by atoms with Crippen LogP contribution in [-0.4, -0.2) is 48.1 Å². The largest absolute Gasteiger partial charge is 0.481 e. The van der Waals surface area contributed by atoms with Gasteiger partial charge in [0.05, 0.1) is 11.8 Å². The van der Waals surface area contributed by atoms with Crippen molar-refractivity contribution in [2.45, 2.75) is 19.3 Å². The summed E-state index contributed by atoms with van der Waals surface area (Å²) in [7, 11) is 0. The van der Waals surface area contributed by atoms with Crippen molar-refractivity contribution in [3.63, 3.8) is 0 Å². The Kier molecular flexibility index (Phi) is 4.36. The van der Waals surface area contributed by atoms with Crippen LogP contribution in [0.4, 0.5) is 0 Å². The molecule has 1 aliphatic carbocycles. The van der Waals surface area contributed by atoms with Crippen LogP contribution in [-0.2, 0) is 9.59 Å². The van der Waals surface area contributed by atoms with E-state index in [4.69, 9.17) is 0 Å². The first-order valence-corrected chi connectivity index (χ1v) is 6.57. The molecule has 1 saturated heterocycles. The van der Waals surface area contributed by atoms with Gasteiger partial charge < -0.3 is 15.3 Å². The lowest BCUT2D eigenvalue weighted by Gasteiger charge is -2.30. The number of nitrogens with one attached hydrogen (secondary N) is 1. The van der Waals surface area contributed by atoms with Crippen molar-refractivity contribution in [3.05, 3.63) is 12.2 Å². The van der Waals surface area contributed by atoms with Crippen LogP contribution in [0.2, 0.25) is 0 Å². The molecule has 1 heterocycles. The summed E-state index contributed by atoms with van der Waals surface area (Å²) in [5, 5.41) is 12.4. The van der Waals surface area contributed by atoms with E-state index >= 15 is 0 Å². The molecule has 0 unspecified atom stereocenters. The second kappa shape index (κ2) is 6.00. The molecule has 2 N–H and O–H groups in total. The fraction of sp³-hybridized carbons (Fsp3) is 0.692. The Morgan fingerprint density at radius 1 is 1.11 bits per heavy atom. The minimum atomic E-state index is -0.856. The van der Waals surface area contributed by atoms with Gasteiger partial charge in [0.15, 0.2) is 0 Å². The zero-order chi connectivity index (χ0) is 13.0. The quantitative estimate of drug-likeness (QED) is 0.701. The third-order valence-corrected chi connectivity index (χ3v) is 3.72. The highest BCUT2D eigenvalue weighted by atomic mass is 16.4. The van der Waals surface area contributed by atoms with Crippen LogP contribution in [0.1, 0.15) is 19.3 Å². The van der Waals surface area contributed by atoms with Gasteiger partial charge in [-0.3, -0.25) is 9.59 Å². The number of carbonyl (C=O) groups excluding carboxylic acids is 1. The van der Waals surface area contributed by atoms with Crippen molar-refractivity contribution >= 4 is 11.9 Å². The zero-order valence-electron chi connectivity index (χ0n) is 10.5. The summed E-state index contributed by atoms with van der Waals surface area (Å²) in [4.78, 5) is 25.4. The van der Waals surface area contributed by atoms with Gasteiger partial charge in [0.2, 0.25) is 5.91 Å². The Balaban J connectivity index is 2.05. The van der Waals surface area contributed by atoms with E-state index in [1.807, 2.05) is 17.1 Å². The molecule has 5 nitrogen and oxygen atoms in total. The number of carbonyl (C=O) groups is 2. The summed E-state index contributed by atoms with van der Waals surface area (Å²) in [5.74, 6) is -1.79. The molecule has 0 radical (unpaired) electrons. The van der Waals surface area contributed by atoms with Crippen molar-refractivity contribution < 1.29 is 14.7 Å². The van der Waals surface area contributed by atoms with Crippen molar-refractivity contribution in [1.29, 1.82) is 0 Å². The monoisotopic (exact) mass is 252 g/mol. The predicted molar refractivity (Wildman–Crippen MR) is 67.1 cm³/mol.